The number of benzene rings is 1. The van der Waals surface area contributed by atoms with Crippen LogP contribution in [0.4, 0.5) is 0 Å². The predicted octanol–water partition coefficient (Wildman–Crippen LogP) is 3.09. The molecule has 1 aromatic carbocycles. The van der Waals surface area contributed by atoms with Crippen LogP contribution in [0, 0.1) is 0 Å². The first kappa shape index (κ1) is 13.6. The Hall–Kier alpha value is -0.870. The van der Waals surface area contributed by atoms with E-state index in [2.05, 4.69) is 22.9 Å². The molecular weight excluding hydrogens is 294 g/mol. The summed E-state index contributed by atoms with van der Waals surface area (Å²) in [5.41, 5.74) is 0.507. The average Bonchev–Trinajstić information content (AvgIpc) is 2.39. The van der Waals surface area contributed by atoms with Crippen LogP contribution in [-0.4, -0.2) is 36.6 Å². The molecule has 1 unspecified atom stereocenters. The van der Waals surface area contributed by atoms with E-state index < -0.39 is 0 Å². The molecule has 0 aromatic heterocycles. The second-order valence-corrected chi connectivity index (χ2v) is 5.82. The van der Waals surface area contributed by atoms with Crippen molar-refractivity contribution in [2.45, 2.75) is 25.4 Å². The largest absolute Gasteiger partial charge is 0.377 e. The first-order valence-corrected chi connectivity index (χ1v) is 6.94. The zero-order chi connectivity index (χ0) is 13.2. The van der Waals surface area contributed by atoms with Crippen molar-refractivity contribution in [3.8, 4) is 0 Å². The third kappa shape index (κ3) is 2.75. The van der Waals surface area contributed by atoms with Crippen LogP contribution >= 0.6 is 15.9 Å². The summed E-state index contributed by atoms with van der Waals surface area (Å²) in [6, 6.07) is 7.55. The highest BCUT2D eigenvalue weighted by molar-refractivity contribution is 9.10. The van der Waals surface area contributed by atoms with Crippen LogP contribution in [0.15, 0.2) is 28.7 Å². The monoisotopic (exact) mass is 311 g/mol. The molecule has 3 nitrogen and oxygen atoms in total. The molecule has 1 fully saturated rings. The first-order valence-electron chi connectivity index (χ1n) is 6.15. The maximum absolute atomic E-state index is 12.5. The predicted molar refractivity (Wildman–Crippen MR) is 74.7 cm³/mol. The Bertz CT molecular complexity index is 449. The van der Waals surface area contributed by atoms with Crippen molar-refractivity contribution in [3.05, 3.63) is 34.3 Å². The number of nitrogens with zero attached hydrogens (tertiary/aromatic N) is 1. The minimum Gasteiger partial charge on any atom is -0.377 e. The van der Waals surface area contributed by atoms with E-state index in [9.17, 15) is 4.79 Å². The van der Waals surface area contributed by atoms with Gasteiger partial charge in [-0.25, -0.2) is 0 Å². The zero-order valence-corrected chi connectivity index (χ0v) is 12.4. The van der Waals surface area contributed by atoms with Gasteiger partial charge in [0.05, 0.1) is 11.2 Å². The molecule has 4 heteroatoms. The molecule has 1 aliphatic heterocycles. The van der Waals surface area contributed by atoms with Crippen LogP contribution < -0.4 is 0 Å². The van der Waals surface area contributed by atoms with Gasteiger partial charge in [0.1, 0.15) is 0 Å². The minimum atomic E-state index is -0.213. The zero-order valence-electron chi connectivity index (χ0n) is 10.8. The molecule has 0 radical (unpaired) electrons. The third-order valence-electron chi connectivity index (χ3n) is 3.54. The second kappa shape index (κ2) is 5.41. The van der Waals surface area contributed by atoms with Gasteiger partial charge in [-0.05, 0) is 47.8 Å². The van der Waals surface area contributed by atoms with E-state index in [1.54, 1.807) is 7.11 Å². The van der Waals surface area contributed by atoms with Gasteiger partial charge in [0.2, 0.25) is 0 Å². The van der Waals surface area contributed by atoms with Crippen molar-refractivity contribution >= 4 is 21.8 Å². The number of likely N-dealkylation sites (tertiary alicyclic amines) is 1. The highest BCUT2D eigenvalue weighted by Crippen LogP contribution is 2.26. The molecule has 1 saturated heterocycles. The molecule has 1 amide bonds. The average molecular weight is 312 g/mol. The number of carbonyl (C=O) groups is 1. The Morgan fingerprint density at radius 1 is 1.44 bits per heavy atom. The molecule has 98 valence electrons. The van der Waals surface area contributed by atoms with E-state index in [-0.39, 0.29) is 11.5 Å². The van der Waals surface area contributed by atoms with Gasteiger partial charge in [0.25, 0.3) is 5.91 Å². The minimum absolute atomic E-state index is 0.0745. The molecule has 2 rings (SSSR count). The van der Waals surface area contributed by atoms with Crippen molar-refractivity contribution in [1.29, 1.82) is 0 Å². The standard InChI is InChI=1S/C14H18BrNO2/c1-14(18-2)8-5-9-16(10-14)13(17)11-6-3-4-7-12(11)15/h3-4,6-7H,5,8-10H2,1-2H3. The maximum atomic E-state index is 12.5. The van der Waals surface area contributed by atoms with Crippen molar-refractivity contribution in [2.75, 3.05) is 20.2 Å². The van der Waals surface area contributed by atoms with Crippen LogP contribution in [-0.2, 0) is 4.74 Å². The normalized spacial score (nSPS) is 24.1. The van der Waals surface area contributed by atoms with Crippen molar-refractivity contribution in [3.63, 3.8) is 0 Å². The van der Waals surface area contributed by atoms with Crippen LogP contribution in [0.25, 0.3) is 0 Å². The van der Waals surface area contributed by atoms with E-state index in [1.165, 1.54) is 0 Å². The van der Waals surface area contributed by atoms with Gasteiger partial charge in [-0.15, -0.1) is 0 Å². The molecule has 1 atom stereocenters. The number of amides is 1. The molecule has 0 saturated carbocycles. The molecule has 0 spiro atoms. The van der Waals surface area contributed by atoms with Crippen LogP contribution in [0.3, 0.4) is 0 Å². The van der Waals surface area contributed by atoms with Gasteiger partial charge >= 0.3 is 0 Å². The molecular formula is C14H18BrNO2. The molecule has 1 aromatic rings. The fourth-order valence-electron chi connectivity index (χ4n) is 2.35. The Morgan fingerprint density at radius 3 is 2.83 bits per heavy atom. The molecule has 0 N–H and O–H groups in total. The number of ether oxygens (including phenoxy) is 1. The number of piperidine rings is 1. The number of carbonyl (C=O) groups excluding carboxylic acids is 1. The Morgan fingerprint density at radius 2 is 2.17 bits per heavy atom. The lowest BCUT2D eigenvalue weighted by Gasteiger charge is -2.39. The summed E-state index contributed by atoms with van der Waals surface area (Å²) in [7, 11) is 1.71. The lowest BCUT2D eigenvalue weighted by Crippen LogP contribution is -2.49. The van der Waals surface area contributed by atoms with E-state index in [0.29, 0.717) is 6.54 Å². The maximum Gasteiger partial charge on any atom is 0.255 e. The van der Waals surface area contributed by atoms with Gasteiger partial charge in [-0.2, -0.15) is 0 Å². The quantitative estimate of drug-likeness (QED) is 0.840. The van der Waals surface area contributed by atoms with E-state index >= 15 is 0 Å². The van der Waals surface area contributed by atoms with Gasteiger partial charge in [-0.1, -0.05) is 12.1 Å². The number of hydrogen-bond donors (Lipinski definition) is 0. The Kier molecular flexibility index (Phi) is 4.07. The number of halogens is 1. The summed E-state index contributed by atoms with van der Waals surface area (Å²) < 4.78 is 6.37. The first-order chi connectivity index (χ1) is 8.56. The summed E-state index contributed by atoms with van der Waals surface area (Å²) >= 11 is 3.43. The number of methoxy groups -OCH3 is 1. The molecule has 0 bridgehead atoms. The highest BCUT2D eigenvalue weighted by atomic mass is 79.9. The fraction of sp³-hybridized carbons (Fsp3) is 0.500. The van der Waals surface area contributed by atoms with E-state index in [1.807, 2.05) is 29.2 Å². The van der Waals surface area contributed by atoms with E-state index in [4.69, 9.17) is 4.74 Å². The van der Waals surface area contributed by atoms with Crippen molar-refractivity contribution in [2.24, 2.45) is 0 Å². The molecule has 18 heavy (non-hydrogen) atoms. The highest BCUT2D eigenvalue weighted by Gasteiger charge is 2.33. The topological polar surface area (TPSA) is 29.5 Å². The van der Waals surface area contributed by atoms with Crippen LogP contribution in [0.1, 0.15) is 30.1 Å². The molecule has 1 heterocycles. The van der Waals surface area contributed by atoms with Crippen LogP contribution in [0.5, 0.6) is 0 Å². The van der Waals surface area contributed by atoms with Gasteiger partial charge in [0, 0.05) is 24.7 Å². The Balaban J connectivity index is 2.17. The van der Waals surface area contributed by atoms with Crippen LogP contribution in [0.2, 0.25) is 0 Å². The Labute approximate surface area is 116 Å². The smallest absolute Gasteiger partial charge is 0.255 e. The molecule has 0 aliphatic carbocycles. The van der Waals surface area contributed by atoms with Crippen molar-refractivity contribution < 1.29 is 9.53 Å². The van der Waals surface area contributed by atoms with Gasteiger partial charge in [0.15, 0.2) is 0 Å². The summed E-state index contributed by atoms with van der Waals surface area (Å²) in [4.78, 5) is 14.3. The third-order valence-corrected chi connectivity index (χ3v) is 4.23. The van der Waals surface area contributed by atoms with E-state index in [0.717, 1.165) is 29.4 Å². The molecule has 1 aliphatic rings. The van der Waals surface area contributed by atoms with Crippen molar-refractivity contribution in [1.82, 2.24) is 4.90 Å². The summed E-state index contributed by atoms with van der Waals surface area (Å²) in [5, 5.41) is 0. The lowest BCUT2D eigenvalue weighted by molar-refractivity contribution is -0.0440. The van der Waals surface area contributed by atoms with Gasteiger partial charge < -0.3 is 9.64 Å². The number of rotatable bonds is 2. The lowest BCUT2D eigenvalue weighted by atomic mass is 9.94. The SMILES string of the molecule is COC1(C)CCCN(C(=O)c2ccccc2Br)C1. The van der Waals surface area contributed by atoms with Gasteiger partial charge in [-0.3, -0.25) is 4.79 Å². The second-order valence-electron chi connectivity index (χ2n) is 4.96. The summed E-state index contributed by atoms with van der Waals surface area (Å²) in [6.07, 6.45) is 1.99. The number of hydrogen-bond acceptors (Lipinski definition) is 2. The fourth-order valence-corrected chi connectivity index (χ4v) is 2.81. The summed E-state index contributed by atoms with van der Waals surface area (Å²) in [5.74, 6) is 0.0745. The summed E-state index contributed by atoms with van der Waals surface area (Å²) in [6.45, 7) is 3.52.